The quantitative estimate of drug-likeness (QED) is 0.537. The van der Waals surface area contributed by atoms with Crippen molar-refractivity contribution in [3.8, 4) is 0 Å². The molecule has 0 aromatic heterocycles. The van der Waals surface area contributed by atoms with Crippen LogP contribution in [0.2, 0.25) is 0 Å². The SMILES string of the molecule is CCCCOCC(NCC)C(N)=O. The molecule has 0 fully saturated rings. The third-order valence-corrected chi connectivity index (χ3v) is 1.72. The van der Waals surface area contributed by atoms with E-state index in [-0.39, 0.29) is 11.9 Å². The number of likely N-dealkylation sites (N-methyl/N-ethyl adjacent to an activating group) is 1. The summed E-state index contributed by atoms with van der Waals surface area (Å²) in [7, 11) is 0. The zero-order valence-corrected chi connectivity index (χ0v) is 8.51. The van der Waals surface area contributed by atoms with Crippen LogP contribution in [0.5, 0.6) is 0 Å². The number of nitrogens with two attached hydrogens (primary N) is 1. The Balaban J connectivity index is 3.51. The number of nitrogens with one attached hydrogen (secondary N) is 1. The highest BCUT2D eigenvalue weighted by Gasteiger charge is 2.12. The normalized spacial score (nSPS) is 12.8. The molecule has 0 radical (unpaired) electrons. The van der Waals surface area contributed by atoms with E-state index in [1.807, 2.05) is 6.92 Å². The van der Waals surface area contributed by atoms with Crippen molar-refractivity contribution >= 4 is 5.91 Å². The molecule has 4 nitrogen and oxygen atoms in total. The number of carbonyl (C=O) groups is 1. The summed E-state index contributed by atoms with van der Waals surface area (Å²) in [4.78, 5) is 10.8. The van der Waals surface area contributed by atoms with Crippen LogP contribution in [-0.4, -0.2) is 31.7 Å². The van der Waals surface area contributed by atoms with Crippen LogP contribution < -0.4 is 11.1 Å². The number of unbranched alkanes of at least 4 members (excludes halogenated alkanes) is 1. The smallest absolute Gasteiger partial charge is 0.236 e. The fraction of sp³-hybridized carbons (Fsp3) is 0.889. The van der Waals surface area contributed by atoms with Crippen LogP contribution in [0, 0.1) is 0 Å². The van der Waals surface area contributed by atoms with Gasteiger partial charge in [-0.15, -0.1) is 0 Å². The van der Waals surface area contributed by atoms with Crippen molar-refractivity contribution in [2.45, 2.75) is 32.7 Å². The highest BCUT2D eigenvalue weighted by molar-refractivity contribution is 5.79. The van der Waals surface area contributed by atoms with Gasteiger partial charge in [0.25, 0.3) is 0 Å². The third kappa shape index (κ3) is 6.54. The average molecular weight is 188 g/mol. The van der Waals surface area contributed by atoms with Crippen LogP contribution in [0.3, 0.4) is 0 Å². The number of amides is 1. The van der Waals surface area contributed by atoms with Gasteiger partial charge < -0.3 is 15.8 Å². The Morgan fingerprint density at radius 1 is 1.54 bits per heavy atom. The van der Waals surface area contributed by atoms with Crippen LogP contribution in [0.1, 0.15) is 26.7 Å². The molecule has 1 atom stereocenters. The minimum Gasteiger partial charge on any atom is -0.379 e. The summed E-state index contributed by atoms with van der Waals surface area (Å²) in [5, 5.41) is 2.96. The summed E-state index contributed by atoms with van der Waals surface area (Å²) in [6, 6.07) is -0.346. The van der Waals surface area contributed by atoms with Gasteiger partial charge in [0.15, 0.2) is 0 Å². The fourth-order valence-corrected chi connectivity index (χ4v) is 0.936. The number of primary amides is 1. The van der Waals surface area contributed by atoms with Crippen LogP contribution in [0.25, 0.3) is 0 Å². The Bertz CT molecular complexity index is 140. The largest absolute Gasteiger partial charge is 0.379 e. The molecule has 4 heteroatoms. The predicted molar refractivity (Wildman–Crippen MR) is 52.4 cm³/mol. The van der Waals surface area contributed by atoms with Gasteiger partial charge in [-0.25, -0.2) is 0 Å². The van der Waals surface area contributed by atoms with Gasteiger partial charge in [-0.3, -0.25) is 4.79 Å². The van der Waals surface area contributed by atoms with E-state index in [1.54, 1.807) is 0 Å². The summed E-state index contributed by atoms with van der Waals surface area (Å²) >= 11 is 0. The van der Waals surface area contributed by atoms with E-state index in [9.17, 15) is 4.79 Å². The summed E-state index contributed by atoms with van der Waals surface area (Å²) in [5.74, 6) is -0.349. The summed E-state index contributed by atoms with van der Waals surface area (Å²) in [6.45, 7) is 5.83. The van der Waals surface area contributed by atoms with Crippen molar-refractivity contribution in [1.29, 1.82) is 0 Å². The van der Waals surface area contributed by atoms with Gasteiger partial charge in [0.2, 0.25) is 5.91 Å². The van der Waals surface area contributed by atoms with E-state index in [1.165, 1.54) is 0 Å². The zero-order chi connectivity index (χ0) is 10.1. The molecular weight excluding hydrogens is 168 g/mol. The molecule has 0 spiro atoms. The van der Waals surface area contributed by atoms with E-state index in [4.69, 9.17) is 10.5 Å². The van der Waals surface area contributed by atoms with Crippen molar-refractivity contribution in [2.75, 3.05) is 19.8 Å². The number of carbonyl (C=O) groups excluding carboxylic acids is 1. The Morgan fingerprint density at radius 2 is 2.23 bits per heavy atom. The van der Waals surface area contributed by atoms with Crippen molar-refractivity contribution in [1.82, 2.24) is 5.32 Å². The van der Waals surface area contributed by atoms with Crippen molar-refractivity contribution in [2.24, 2.45) is 5.73 Å². The zero-order valence-electron chi connectivity index (χ0n) is 8.51. The highest BCUT2D eigenvalue weighted by Crippen LogP contribution is 1.90. The molecule has 0 heterocycles. The van der Waals surface area contributed by atoms with Gasteiger partial charge in [0.05, 0.1) is 6.61 Å². The average Bonchev–Trinajstić information content (AvgIpc) is 2.10. The van der Waals surface area contributed by atoms with Gasteiger partial charge in [-0.05, 0) is 13.0 Å². The molecule has 0 saturated carbocycles. The molecule has 0 aromatic rings. The van der Waals surface area contributed by atoms with Crippen LogP contribution >= 0.6 is 0 Å². The maximum atomic E-state index is 10.8. The standard InChI is InChI=1S/C9H20N2O2/c1-3-5-6-13-7-8(9(10)12)11-4-2/h8,11H,3-7H2,1-2H3,(H2,10,12). The first-order valence-corrected chi connectivity index (χ1v) is 4.82. The Labute approximate surface area is 79.8 Å². The minimum absolute atomic E-state index is 0.346. The number of ether oxygens (including phenoxy) is 1. The molecule has 1 unspecified atom stereocenters. The lowest BCUT2D eigenvalue weighted by Gasteiger charge is -2.13. The Kier molecular flexibility index (Phi) is 7.63. The second-order valence-electron chi connectivity index (χ2n) is 2.94. The maximum absolute atomic E-state index is 10.8. The van der Waals surface area contributed by atoms with E-state index in [0.717, 1.165) is 19.4 Å². The van der Waals surface area contributed by atoms with Crippen molar-refractivity contribution in [3.63, 3.8) is 0 Å². The molecule has 0 aliphatic heterocycles. The molecular formula is C9H20N2O2. The van der Waals surface area contributed by atoms with Gasteiger partial charge in [0, 0.05) is 6.61 Å². The van der Waals surface area contributed by atoms with Crippen molar-refractivity contribution in [3.05, 3.63) is 0 Å². The second-order valence-corrected chi connectivity index (χ2v) is 2.94. The molecule has 0 aromatic carbocycles. The lowest BCUT2D eigenvalue weighted by Crippen LogP contribution is -2.44. The molecule has 0 saturated heterocycles. The summed E-state index contributed by atoms with van der Waals surface area (Å²) in [5.41, 5.74) is 5.16. The van der Waals surface area contributed by atoms with E-state index in [2.05, 4.69) is 12.2 Å². The highest BCUT2D eigenvalue weighted by atomic mass is 16.5. The lowest BCUT2D eigenvalue weighted by molar-refractivity contribution is -0.121. The predicted octanol–water partition coefficient (Wildman–Crippen LogP) is 0.267. The van der Waals surface area contributed by atoms with E-state index in [0.29, 0.717) is 13.2 Å². The topological polar surface area (TPSA) is 64.3 Å². The van der Waals surface area contributed by atoms with Crippen LogP contribution in [-0.2, 0) is 9.53 Å². The first kappa shape index (κ1) is 12.4. The molecule has 0 rings (SSSR count). The maximum Gasteiger partial charge on any atom is 0.236 e. The molecule has 3 N–H and O–H groups in total. The van der Waals surface area contributed by atoms with Crippen LogP contribution in [0.15, 0.2) is 0 Å². The Hall–Kier alpha value is -0.610. The van der Waals surface area contributed by atoms with E-state index < -0.39 is 0 Å². The third-order valence-electron chi connectivity index (χ3n) is 1.72. The molecule has 78 valence electrons. The minimum atomic E-state index is -0.349. The number of rotatable bonds is 8. The van der Waals surface area contributed by atoms with Gasteiger partial charge in [-0.1, -0.05) is 20.3 Å². The molecule has 0 bridgehead atoms. The van der Waals surface area contributed by atoms with Crippen molar-refractivity contribution < 1.29 is 9.53 Å². The van der Waals surface area contributed by atoms with Gasteiger partial charge >= 0.3 is 0 Å². The molecule has 0 aliphatic rings. The first-order valence-electron chi connectivity index (χ1n) is 4.82. The number of hydrogen-bond acceptors (Lipinski definition) is 3. The second kappa shape index (κ2) is 8.01. The molecule has 1 amide bonds. The number of hydrogen-bond donors (Lipinski definition) is 2. The van der Waals surface area contributed by atoms with Crippen LogP contribution in [0.4, 0.5) is 0 Å². The molecule has 0 aliphatic carbocycles. The summed E-state index contributed by atoms with van der Waals surface area (Å²) < 4.78 is 5.29. The van der Waals surface area contributed by atoms with E-state index >= 15 is 0 Å². The first-order chi connectivity index (χ1) is 6.22. The fourth-order valence-electron chi connectivity index (χ4n) is 0.936. The Morgan fingerprint density at radius 3 is 2.69 bits per heavy atom. The van der Waals surface area contributed by atoms with Gasteiger partial charge in [0.1, 0.15) is 6.04 Å². The van der Waals surface area contributed by atoms with Gasteiger partial charge in [-0.2, -0.15) is 0 Å². The summed E-state index contributed by atoms with van der Waals surface area (Å²) in [6.07, 6.45) is 2.13. The monoisotopic (exact) mass is 188 g/mol. The molecule has 13 heavy (non-hydrogen) atoms. The lowest BCUT2D eigenvalue weighted by atomic mass is 10.3.